The van der Waals surface area contributed by atoms with Crippen LogP contribution in [0.15, 0.2) is 5.16 Å². The molecule has 0 saturated carbocycles. The summed E-state index contributed by atoms with van der Waals surface area (Å²) in [5.74, 6) is -2.62. The zero-order valence-electron chi connectivity index (χ0n) is 9.95. The minimum absolute atomic E-state index is 0.0581. The van der Waals surface area contributed by atoms with Crippen LogP contribution in [0.2, 0.25) is 0 Å². The Bertz CT molecular complexity index is 451. The number of hydrogen-bond acceptors (Lipinski definition) is 4. The first-order valence-corrected chi connectivity index (χ1v) is 5.89. The van der Waals surface area contributed by atoms with Crippen LogP contribution in [0.4, 0.5) is 13.2 Å². The summed E-state index contributed by atoms with van der Waals surface area (Å²) < 4.78 is 39.1. The molecule has 0 aliphatic carbocycles. The molecule has 5 nitrogen and oxygen atoms in total. The molecule has 1 aromatic heterocycles. The number of aromatic nitrogens is 3. The smallest absolute Gasteiger partial charge is 0.451 e. The van der Waals surface area contributed by atoms with Crippen LogP contribution >= 0.6 is 11.8 Å². The molecule has 0 spiro atoms. The second-order valence-electron chi connectivity index (χ2n) is 4.49. The normalized spacial score (nSPS) is 12.8. The van der Waals surface area contributed by atoms with Crippen LogP contribution in [-0.4, -0.2) is 31.6 Å². The second-order valence-corrected chi connectivity index (χ2v) is 5.44. The van der Waals surface area contributed by atoms with Gasteiger partial charge >= 0.3 is 12.1 Å². The summed E-state index contributed by atoms with van der Waals surface area (Å²) in [4.78, 5) is 10.4. The van der Waals surface area contributed by atoms with Crippen molar-refractivity contribution in [3.8, 4) is 0 Å². The average Bonchev–Trinajstić information content (AvgIpc) is 2.56. The lowest BCUT2D eigenvalue weighted by molar-refractivity contribution is -0.149. The molecule has 18 heavy (non-hydrogen) atoms. The molecule has 1 aromatic rings. The van der Waals surface area contributed by atoms with E-state index in [9.17, 15) is 18.0 Å². The van der Waals surface area contributed by atoms with Gasteiger partial charge in [0.1, 0.15) is 0 Å². The van der Waals surface area contributed by atoms with Gasteiger partial charge in [-0.1, -0.05) is 11.8 Å². The number of carboxylic acids is 1. The molecule has 1 N–H and O–H groups in total. The summed E-state index contributed by atoms with van der Waals surface area (Å²) in [6, 6.07) is 0. The number of nitrogens with zero attached hydrogens (tertiary/aromatic N) is 3. The fraction of sp³-hybridized carbons (Fsp3) is 0.667. The van der Waals surface area contributed by atoms with Gasteiger partial charge in [-0.25, -0.2) is 0 Å². The lowest BCUT2D eigenvalue weighted by Crippen LogP contribution is -2.28. The van der Waals surface area contributed by atoms with Gasteiger partial charge in [0.15, 0.2) is 5.16 Å². The van der Waals surface area contributed by atoms with Gasteiger partial charge in [0.2, 0.25) is 5.82 Å². The first-order valence-electron chi connectivity index (χ1n) is 4.91. The number of halogens is 3. The van der Waals surface area contributed by atoms with Crippen LogP contribution in [0.5, 0.6) is 0 Å². The minimum atomic E-state index is -4.62. The fourth-order valence-corrected chi connectivity index (χ4v) is 2.12. The third-order valence-corrected chi connectivity index (χ3v) is 2.80. The molecular formula is C9H12F3N3O2S. The molecule has 0 amide bonds. The fourth-order valence-electron chi connectivity index (χ4n) is 1.28. The lowest BCUT2D eigenvalue weighted by atomic mass is 10.1. The van der Waals surface area contributed by atoms with Gasteiger partial charge < -0.3 is 5.11 Å². The van der Waals surface area contributed by atoms with Crippen LogP contribution in [-0.2, 0) is 16.5 Å². The maximum Gasteiger partial charge on any atom is 0.451 e. The van der Waals surface area contributed by atoms with Crippen molar-refractivity contribution >= 4 is 17.7 Å². The molecular weight excluding hydrogens is 271 g/mol. The van der Waals surface area contributed by atoms with E-state index in [1.807, 2.05) is 0 Å². The van der Waals surface area contributed by atoms with Crippen LogP contribution in [0.25, 0.3) is 0 Å². The van der Waals surface area contributed by atoms with Crippen molar-refractivity contribution in [3.63, 3.8) is 0 Å². The van der Waals surface area contributed by atoms with E-state index in [-0.39, 0.29) is 10.9 Å². The standard InChI is InChI=1S/C9H12F3N3O2S/c1-8(2,3)15-6(9(10,11)12)13-14-7(15)18-4-5(16)17/h4H2,1-3H3,(H,16,17). The topological polar surface area (TPSA) is 68.0 Å². The molecule has 0 atom stereocenters. The molecule has 0 aromatic carbocycles. The van der Waals surface area contributed by atoms with Crippen molar-refractivity contribution in [2.75, 3.05) is 5.75 Å². The van der Waals surface area contributed by atoms with Crippen LogP contribution in [0.3, 0.4) is 0 Å². The highest BCUT2D eigenvalue weighted by Gasteiger charge is 2.41. The molecule has 0 bridgehead atoms. The van der Waals surface area contributed by atoms with Crippen LogP contribution < -0.4 is 0 Å². The molecule has 0 aliphatic heterocycles. The Balaban J connectivity index is 3.21. The second kappa shape index (κ2) is 4.79. The molecule has 0 saturated heterocycles. The Morgan fingerprint density at radius 2 is 1.89 bits per heavy atom. The maximum absolute atomic E-state index is 12.7. The number of carbonyl (C=O) groups is 1. The minimum Gasteiger partial charge on any atom is -0.481 e. The van der Waals surface area contributed by atoms with Crippen molar-refractivity contribution in [3.05, 3.63) is 5.82 Å². The number of carboxylic acid groups (broad SMARTS) is 1. The Morgan fingerprint density at radius 1 is 1.33 bits per heavy atom. The maximum atomic E-state index is 12.7. The first kappa shape index (κ1) is 14.8. The quantitative estimate of drug-likeness (QED) is 0.861. The molecule has 0 unspecified atom stereocenters. The van der Waals surface area contributed by atoms with Gasteiger partial charge in [-0.05, 0) is 20.8 Å². The highest BCUT2D eigenvalue weighted by molar-refractivity contribution is 7.99. The third-order valence-electron chi connectivity index (χ3n) is 1.88. The van der Waals surface area contributed by atoms with E-state index in [4.69, 9.17) is 5.11 Å². The van der Waals surface area contributed by atoms with E-state index in [0.717, 1.165) is 4.57 Å². The van der Waals surface area contributed by atoms with E-state index in [1.165, 1.54) is 0 Å². The largest absolute Gasteiger partial charge is 0.481 e. The van der Waals surface area contributed by atoms with Gasteiger partial charge in [0.05, 0.1) is 5.75 Å². The Morgan fingerprint density at radius 3 is 2.28 bits per heavy atom. The molecule has 9 heteroatoms. The summed E-state index contributed by atoms with van der Waals surface area (Å²) in [6.45, 7) is 4.70. The van der Waals surface area contributed by atoms with E-state index in [0.29, 0.717) is 11.8 Å². The van der Waals surface area contributed by atoms with Crippen molar-refractivity contribution < 1.29 is 23.1 Å². The van der Waals surface area contributed by atoms with Crippen LogP contribution in [0.1, 0.15) is 26.6 Å². The van der Waals surface area contributed by atoms with E-state index in [1.54, 1.807) is 20.8 Å². The number of thioether (sulfide) groups is 1. The van der Waals surface area contributed by atoms with E-state index < -0.39 is 23.5 Å². The van der Waals surface area contributed by atoms with Gasteiger partial charge in [0.25, 0.3) is 0 Å². The number of rotatable bonds is 3. The van der Waals surface area contributed by atoms with E-state index >= 15 is 0 Å². The first-order chi connectivity index (χ1) is 8.03. The van der Waals surface area contributed by atoms with Gasteiger partial charge in [0, 0.05) is 5.54 Å². The molecule has 0 radical (unpaired) electrons. The SMILES string of the molecule is CC(C)(C)n1c(SCC(=O)O)nnc1C(F)(F)F. The van der Waals surface area contributed by atoms with Crippen LogP contribution in [0, 0.1) is 0 Å². The van der Waals surface area contributed by atoms with Crippen molar-refractivity contribution in [2.45, 2.75) is 37.6 Å². The Labute approximate surface area is 105 Å². The van der Waals surface area contributed by atoms with Crippen molar-refractivity contribution in [2.24, 2.45) is 0 Å². The number of hydrogen-bond donors (Lipinski definition) is 1. The molecule has 0 aliphatic rings. The van der Waals surface area contributed by atoms with Gasteiger partial charge in [-0.3, -0.25) is 9.36 Å². The van der Waals surface area contributed by atoms with Crippen molar-refractivity contribution in [1.82, 2.24) is 14.8 Å². The number of aliphatic carboxylic acids is 1. The van der Waals surface area contributed by atoms with Gasteiger partial charge in [-0.2, -0.15) is 13.2 Å². The molecule has 1 heterocycles. The Kier molecular flexibility index (Phi) is 3.94. The molecule has 1 rings (SSSR count). The monoisotopic (exact) mass is 283 g/mol. The predicted molar refractivity (Wildman–Crippen MR) is 58.4 cm³/mol. The third kappa shape index (κ3) is 3.37. The molecule has 0 fully saturated rings. The zero-order chi connectivity index (χ0) is 14.1. The van der Waals surface area contributed by atoms with Gasteiger partial charge in [-0.15, -0.1) is 10.2 Å². The Hall–Kier alpha value is -1.25. The highest BCUT2D eigenvalue weighted by Crippen LogP contribution is 2.34. The predicted octanol–water partition coefficient (Wildman–Crippen LogP) is 2.23. The zero-order valence-corrected chi connectivity index (χ0v) is 10.8. The number of alkyl halides is 3. The summed E-state index contributed by atoms with van der Waals surface area (Å²) in [5.41, 5.74) is -0.894. The van der Waals surface area contributed by atoms with E-state index in [2.05, 4.69) is 10.2 Å². The summed E-state index contributed by atoms with van der Waals surface area (Å²) in [5, 5.41) is 15.0. The van der Waals surface area contributed by atoms with Crippen molar-refractivity contribution in [1.29, 1.82) is 0 Å². The summed E-state index contributed by atoms with van der Waals surface area (Å²) in [6.07, 6.45) is -4.62. The molecule has 102 valence electrons. The lowest BCUT2D eigenvalue weighted by Gasteiger charge is -2.25. The summed E-state index contributed by atoms with van der Waals surface area (Å²) in [7, 11) is 0. The summed E-state index contributed by atoms with van der Waals surface area (Å²) >= 11 is 0.709. The average molecular weight is 283 g/mol. The highest BCUT2D eigenvalue weighted by atomic mass is 32.2.